The molecule has 0 saturated heterocycles. The number of primary amides is 2. The van der Waals surface area contributed by atoms with Crippen LogP contribution in [0.5, 0.6) is 0 Å². The molecule has 0 aliphatic carbocycles. The van der Waals surface area contributed by atoms with Gasteiger partial charge in [-0.1, -0.05) is 76.2 Å². The summed E-state index contributed by atoms with van der Waals surface area (Å²) in [5, 5.41) is 0. The van der Waals surface area contributed by atoms with Gasteiger partial charge in [0.05, 0.1) is 9.81 Å². The molecule has 0 heterocycles. The molecule has 0 spiro atoms. The molecule has 0 fully saturated rings. The van der Waals surface area contributed by atoms with Crippen LogP contribution in [0.4, 0.5) is 0 Å². The zero-order valence-electron chi connectivity index (χ0n) is 17.7. The first-order chi connectivity index (χ1) is 14.2. The van der Waals surface area contributed by atoms with Crippen molar-refractivity contribution < 1.29 is 9.59 Å². The molecule has 30 heavy (non-hydrogen) atoms. The highest BCUT2D eigenvalue weighted by atomic mass is 33.1. The smallest absolute Gasteiger partial charge is 0.256 e. The van der Waals surface area contributed by atoms with Crippen LogP contribution in [0.2, 0.25) is 0 Å². The molecule has 2 aromatic rings. The molecule has 2 amide bonds. The number of nitrogens with two attached hydrogens (primary N) is 2. The second-order valence-electron chi connectivity index (χ2n) is 7.56. The molecule has 0 saturated carbocycles. The summed E-state index contributed by atoms with van der Waals surface area (Å²) in [5.74, 6) is -0.237. The maximum Gasteiger partial charge on any atom is 0.256 e. The van der Waals surface area contributed by atoms with E-state index in [2.05, 4.69) is 27.7 Å². The van der Waals surface area contributed by atoms with Crippen LogP contribution in [0.15, 0.2) is 58.3 Å². The highest BCUT2D eigenvalue weighted by molar-refractivity contribution is 8.80. The average molecular weight is 441 g/mol. The van der Waals surface area contributed by atoms with Crippen molar-refractivity contribution in [2.75, 3.05) is 0 Å². The Bertz CT molecular complexity index is 865. The Hall–Kier alpha value is -2.44. The van der Waals surface area contributed by atoms with E-state index in [1.807, 2.05) is 48.5 Å². The minimum atomic E-state index is -0.550. The zero-order chi connectivity index (χ0) is 22.3. The van der Waals surface area contributed by atoms with Gasteiger partial charge in [0.15, 0.2) is 0 Å². The second-order valence-corrected chi connectivity index (χ2v) is 9.77. The van der Waals surface area contributed by atoms with Gasteiger partial charge in [0.2, 0.25) is 0 Å². The van der Waals surface area contributed by atoms with Gasteiger partial charge in [-0.25, -0.2) is 0 Å². The molecule has 0 atom stereocenters. The number of benzene rings is 2. The van der Waals surface area contributed by atoms with Crippen molar-refractivity contribution in [1.82, 2.24) is 0 Å². The van der Waals surface area contributed by atoms with Gasteiger partial charge in [0.1, 0.15) is 0 Å². The number of carbonyl (C=O) groups excluding carboxylic acids is 2. The fourth-order valence-electron chi connectivity index (χ4n) is 2.62. The lowest BCUT2D eigenvalue weighted by atomic mass is 10.0. The molecule has 4 N–H and O–H groups in total. The summed E-state index contributed by atoms with van der Waals surface area (Å²) in [6.45, 7) is 8.50. The number of amides is 2. The van der Waals surface area contributed by atoms with E-state index in [-0.39, 0.29) is 0 Å². The van der Waals surface area contributed by atoms with E-state index >= 15 is 0 Å². The molecular weight excluding hydrogens is 412 g/mol. The van der Waals surface area contributed by atoms with Crippen molar-refractivity contribution in [3.63, 3.8) is 0 Å². The van der Waals surface area contributed by atoms with Crippen LogP contribution in [-0.2, 0) is 9.59 Å². The summed E-state index contributed by atoms with van der Waals surface area (Å²) in [6.07, 6.45) is 3.44. The van der Waals surface area contributed by atoms with E-state index in [0.29, 0.717) is 21.6 Å². The quantitative estimate of drug-likeness (QED) is 0.389. The first kappa shape index (κ1) is 23.8. The van der Waals surface area contributed by atoms with Gasteiger partial charge in [-0.15, -0.1) is 0 Å². The lowest BCUT2D eigenvalue weighted by Crippen LogP contribution is -2.13. The first-order valence-corrected chi connectivity index (χ1v) is 11.9. The van der Waals surface area contributed by atoms with Crippen molar-refractivity contribution >= 4 is 45.6 Å². The lowest BCUT2D eigenvalue weighted by Gasteiger charge is -2.08. The molecule has 0 aliphatic rings. The third-order valence-corrected chi connectivity index (χ3v) is 6.92. The predicted molar refractivity (Wildman–Crippen MR) is 131 cm³/mol. The second kappa shape index (κ2) is 11.1. The summed E-state index contributed by atoms with van der Waals surface area (Å²) in [5.41, 5.74) is 15.3. The largest absolute Gasteiger partial charge is 0.365 e. The molecule has 0 aromatic heterocycles. The standard InChI is InChI=1S/C24H28N2O2S2/c1-15(2)19-9-5-17(6-10-19)13-21(23(25)27)29-30-22(24(26)28)14-18-7-11-20(12-8-18)16(3)4/h5-16H,1-4H3,(H2,25,27)(H2,26,28). The molecule has 0 aliphatic heterocycles. The molecule has 0 radical (unpaired) electrons. The van der Waals surface area contributed by atoms with Crippen molar-refractivity contribution in [2.24, 2.45) is 11.5 Å². The summed E-state index contributed by atoms with van der Waals surface area (Å²) in [7, 11) is 2.27. The lowest BCUT2D eigenvalue weighted by molar-refractivity contribution is -0.114. The Labute approximate surface area is 186 Å². The normalized spacial score (nSPS) is 12.5. The van der Waals surface area contributed by atoms with Gasteiger partial charge < -0.3 is 11.5 Å². The SMILES string of the molecule is CC(C)c1ccc(C=C(SSC(=Cc2ccc(C(C)C)cc2)C(N)=O)C(N)=O)cc1. The number of rotatable bonds is 9. The fraction of sp³-hybridized carbons (Fsp3) is 0.250. The van der Waals surface area contributed by atoms with Crippen LogP contribution < -0.4 is 11.5 Å². The third kappa shape index (κ3) is 7.11. The average Bonchev–Trinajstić information content (AvgIpc) is 2.70. The van der Waals surface area contributed by atoms with Crippen LogP contribution >= 0.6 is 21.6 Å². The van der Waals surface area contributed by atoms with Gasteiger partial charge >= 0.3 is 0 Å². The Morgan fingerprint density at radius 1 is 0.667 bits per heavy atom. The van der Waals surface area contributed by atoms with Crippen LogP contribution in [0.3, 0.4) is 0 Å². The molecule has 6 heteroatoms. The van der Waals surface area contributed by atoms with Crippen molar-refractivity contribution in [3.8, 4) is 0 Å². The maximum absolute atomic E-state index is 11.9. The number of hydrogen-bond acceptors (Lipinski definition) is 4. The van der Waals surface area contributed by atoms with E-state index < -0.39 is 11.8 Å². The molecule has 0 bridgehead atoms. The van der Waals surface area contributed by atoms with Gasteiger partial charge in [-0.3, -0.25) is 9.59 Å². The van der Waals surface area contributed by atoms with Crippen molar-refractivity contribution in [3.05, 3.63) is 80.6 Å². The molecule has 0 unspecified atom stereocenters. The highest BCUT2D eigenvalue weighted by Gasteiger charge is 2.13. The fourth-order valence-corrected chi connectivity index (χ4v) is 4.65. The molecule has 158 valence electrons. The molecule has 2 rings (SSSR count). The highest BCUT2D eigenvalue weighted by Crippen LogP contribution is 2.38. The first-order valence-electron chi connectivity index (χ1n) is 9.74. The Morgan fingerprint density at radius 2 is 0.967 bits per heavy atom. The van der Waals surface area contributed by atoms with Crippen molar-refractivity contribution in [2.45, 2.75) is 39.5 Å². The summed E-state index contributed by atoms with van der Waals surface area (Å²) in [6, 6.07) is 15.9. The van der Waals surface area contributed by atoms with E-state index in [1.54, 1.807) is 12.2 Å². The minimum absolute atomic E-state index is 0.347. The maximum atomic E-state index is 11.9. The molecule has 2 aromatic carbocycles. The zero-order valence-corrected chi connectivity index (χ0v) is 19.3. The van der Waals surface area contributed by atoms with Crippen LogP contribution in [0.1, 0.15) is 61.8 Å². The van der Waals surface area contributed by atoms with Crippen LogP contribution in [0.25, 0.3) is 12.2 Å². The van der Waals surface area contributed by atoms with E-state index in [1.165, 1.54) is 11.1 Å². The van der Waals surface area contributed by atoms with Gasteiger partial charge in [-0.05, 0) is 67.8 Å². The number of hydrogen-bond donors (Lipinski definition) is 2. The van der Waals surface area contributed by atoms with Gasteiger partial charge in [0, 0.05) is 0 Å². The van der Waals surface area contributed by atoms with E-state index in [9.17, 15) is 9.59 Å². The predicted octanol–water partition coefficient (Wildman–Crippen LogP) is 5.67. The third-order valence-electron chi connectivity index (χ3n) is 4.51. The Kier molecular flexibility index (Phi) is 8.81. The Morgan fingerprint density at radius 3 is 1.20 bits per heavy atom. The number of carbonyl (C=O) groups is 2. The minimum Gasteiger partial charge on any atom is -0.365 e. The monoisotopic (exact) mass is 440 g/mol. The van der Waals surface area contributed by atoms with Gasteiger partial charge in [-0.2, -0.15) is 0 Å². The summed E-state index contributed by atoms with van der Waals surface area (Å²) >= 11 is 0. The summed E-state index contributed by atoms with van der Waals surface area (Å²) in [4.78, 5) is 24.5. The van der Waals surface area contributed by atoms with Crippen LogP contribution in [0, 0.1) is 0 Å². The summed E-state index contributed by atoms with van der Waals surface area (Å²) < 4.78 is 0. The Balaban J connectivity index is 2.19. The van der Waals surface area contributed by atoms with Crippen LogP contribution in [-0.4, -0.2) is 11.8 Å². The molecule has 4 nitrogen and oxygen atoms in total. The van der Waals surface area contributed by atoms with Crippen molar-refractivity contribution in [1.29, 1.82) is 0 Å². The topological polar surface area (TPSA) is 86.2 Å². The van der Waals surface area contributed by atoms with E-state index in [4.69, 9.17) is 11.5 Å². The molecular formula is C24H28N2O2S2. The van der Waals surface area contributed by atoms with E-state index in [0.717, 1.165) is 32.7 Å². The van der Waals surface area contributed by atoms with Gasteiger partial charge in [0.25, 0.3) is 11.8 Å².